The van der Waals surface area contributed by atoms with Crippen LogP contribution in [0.25, 0.3) is 17.0 Å². The van der Waals surface area contributed by atoms with Crippen molar-refractivity contribution in [2.75, 3.05) is 0 Å². The number of benzene rings is 1. The number of aromatic nitrogens is 1. The molecule has 0 bridgehead atoms. The van der Waals surface area contributed by atoms with Crippen molar-refractivity contribution < 1.29 is 0 Å². The summed E-state index contributed by atoms with van der Waals surface area (Å²) >= 11 is 0. The molecule has 2 rings (SSSR count). The summed E-state index contributed by atoms with van der Waals surface area (Å²) in [4.78, 5) is 4.57. The summed E-state index contributed by atoms with van der Waals surface area (Å²) in [6.45, 7) is 4.12. The van der Waals surface area contributed by atoms with Gasteiger partial charge in [-0.2, -0.15) is 0 Å². The van der Waals surface area contributed by atoms with Crippen molar-refractivity contribution in [1.29, 1.82) is 0 Å². The molecule has 0 atom stereocenters. The molecule has 0 amide bonds. The zero-order valence-corrected chi connectivity index (χ0v) is 9.64. The van der Waals surface area contributed by atoms with Gasteiger partial charge in [0.25, 0.3) is 0 Å². The highest BCUT2D eigenvalue weighted by Gasteiger charge is 1.93. The monoisotopic (exact) mass is 209 g/mol. The SMILES string of the molecule is C/C=C(C)/C=C/c1ccc2ccccc2n1. The first kappa shape index (κ1) is 10.6. The van der Waals surface area contributed by atoms with Gasteiger partial charge in [-0.25, -0.2) is 4.98 Å². The predicted molar refractivity (Wildman–Crippen MR) is 70.2 cm³/mol. The summed E-state index contributed by atoms with van der Waals surface area (Å²) in [7, 11) is 0. The first-order valence-electron chi connectivity index (χ1n) is 5.46. The van der Waals surface area contributed by atoms with Crippen LogP contribution in [0.2, 0.25) is 0 Å². The van der Waals surface area contributed by atoms with Gasteiger partial charge in [0.2, 0.25) is 0 Å². The van der Waals surface area contributed by atoms with Gasteiger partial charge in [0.15, 0.2) is 0 Å². The molecule has 2 aromatic rings. The minimum Gasteiger partial charge on any atom is -0.248 e. The van der Waals surface area contributed by atoms with E-state index in [1.165, 1.54) is 11.0 Å². The molecule has 0 aliphatic carbocycles. The van der Waals surface area contributed by atoms with E-state index in [9.17, 15) is 0 Å². The first-order valence-corrected chi connectivity index (χ1v) is 5.46. The second-order valence-electron chi connectivity index (χ2n) is 3.79. The van der Waals surface area contributed by atoms with Crippen LogP contribution < -0.4 is 0 Å². The van der Waals surface area contributed by atoms with Crippen LogP contribution in [-0.2, 0) is 0 Å². The lowest BCUT2D eigenvalue weighted by Crippen LogP contribution is -1.82. The molecule has 16 heavy (non-hydrogen) atoms. The Morgan fingerprint density at radius 1 is 1.12 bits per heavy atom. The van der Waals surface area contributed by atoms with Crippen molar-refractivity contribution in [3.05, 3.63) is 59.8 Å². The standard InChI is InChI=1S/C15H15N/c1-3-12(2)8-10-14-11-9-13-6-4-5-7-15(13)16-14/h3-11H,1-2H3/b10-8+,12-3+. The van der Waals surface area contributed by atoms with E-state index in [1.807, 2.05) is 37.3 Å². The van der Waals surface area contributed by atoms with Gasteiger partial charge >= 0.3 is 0 Å². The molecule has 0 spiro atoms. The first-order chi connectivity index (χ1) is 7.79. The average molecular weight is 209 g/mol. The van der Waals surface area contributed by atoms with Crippen molar-refractivity contribution in [1.82, 2.24) is 4.98 Å². The van der Waals surface area contributed by atoms with Gasteiger partial charge in [0.1, 0.15) is 0 Å². The number of fused-ring (bicyclic) bond motifs is 1. The van der Waals surface area contributed by atoms with E-state index >= 15 is 0 Å². The fourth-order valence-corrected chi connectivity index (χ4v) is 1.49. The normalized spacial score (nSPS) is 12.5. The molecule has 1 nitrogen and oxygen atoms in total. The van der Waals surface area contributed by atoms with Crippen molar-refractivity contribution in [2.24, 2.45) is 0 Å². The van der Waals surface area contributed by atoms with Crippen LogP contribution in [0, 0.1) is 0 Å². The van der Waals surface area contributed by atoms with Crippen molar-refractivity contribution in [2.45, 2.75) is 13.8 Å². The van der Waals surface area contributed by atoms with E-state index in [-0.39, 0.29) is 0 Å². The van der Waals surface area contributed by atoms with E-state index in [4.69, 9.17) is 0 Å². The number of allylic oxidation sites excluding steroid dienone is 3. The summed E-state index contributed by atoms with van der Waals surface area (Å²) in [5.74, 6) is 0. The Balaban J connectivity index is 2.36. The van der Waals surface area contributed by atoms with Crippen molar-refractivity contribution in [3.8, 4) is 0 Å². The van der Waals surface area contributed by atoms with Crippen molar-refractivity contribution in [3.63, 3.8) is 0 Å². The third-order valence-electron chi connectivity index (χ3n) is 2.59. The van der Waals surface area contributed by atoms with E-state index in [0.717, 1.165) is 11.2 Å². The Morgan fingerprint density at radius 3 is 2.75 bits per heavy atom. The van der Waals surface area contributed by atoms with Gasteiger partial charge in [0.05, 0.1) is 11.2 Å². The smallest absolute Gasteiger partial charge is 0.0709 e. The van der Waals surface area contributed by atoms with Crippen LogP contribution in [0.1, 0.15) is 19.5 Å². The van der Waals surface area contributed by atoms with Crippen LogP contribution in [-0.4, -0.2) is 4.98 Å². The highest BCUT2D eigenvalue weighted by atomic mass is 14.7. The zero-order valence-electron chi connectivity index (χ0n) is 9.64. The number of hydrogen-bond donors (Lipinski definition) is 0. The van der Waals surface area contributed by atoms with Gasteiger partial charge in [-0.1, -0.05) is 42.0 Å². The molecule has 0 unspecified atom stereocenters. The number of rotatable bonds is 2. The second-order valence-corrected chi connectivity index (χ2v) is 3.79. The fraction of sp³-hybridized carbons (Fsp3) is 0.133. The van der Waals surface area contributed by atoms with Crippen LogP contribution in [0.15, 0.2) is 54.1 Å². The van der Waals surface area contributed by atoms with Crippen LogP contribution in [0.3, 0.4) is 0 Å². The Labute approximate surface area is 96.1 Å². The number of hydrogen-bond acceptors (Lipinski definition) is 1. The summed E-state index contributed by atoms with van der Waals surface area (Å²) < 4.78 is 0. The van der Waals surface area contributed by atoms with Crippen molar-refractivity contribution >= 4 is 17.0 Å². The highest BCUT2D eigenvalue weighted by molar-refractivity contribution is 5.79. The molecule has 0 saturated heterocycles. The third-order valence-corrected chi connectivity index (χ3v) is 2.59. The van der Waals surface area contributed by atoms with Crippen LogP contribution in [0.4, 0.5) is 0 Å². The Morgan fingerprint density at radius 2 is 1.94 bits per heavy atom. The fourth-order valence-electron chi connectivity index (χ4n) is 1.49. The number of nitrogens with zero attached hydrogens (tertiary/aromatic N) is 1. The lowest BCUT2D eigenvalue weighted by molar-refractivity contribution is 1.36. The van der Waals surface area contributed by atoms with Crippen LogP contribution >= 0.6 is 0 Å². The minimum absolute atomic E-state index is 1.000. The molecule has 0 fully saturated rings. The average Bonchev–Trinajstić information content (AvgIpc) is 2.35. The molecule has 0 saturated carbocycles. The van der Waals surface area contributed by atoms with E-state index in [2.05, 4.69) is 36.2 Å². The largest absolute Gasteiger partial charge is 0.248 e. The lowest BCUT2D eigenvalue weighted by Gasteiger charge is -1.98. The van der Waals surface area contributed by atoms with Gasteiger partial charge < -0.3 is 0 Å². The zero-order chi connectivity index (χ0) is 11.4. The molecule has 80 valence electrons. The predicted octanol–water partition coefficient (Wildman–Crippen LogP) is 4.21. The summed E-state index contributed by atoms with van der Waals surface area (Å²) in [5, 5.41) is 1.18. The summed E-state index contributed by atoms with van der Waals surface area (Å²) in [6.07, 6.45) is 6.20. The summed E-state index contributed by atoms with van der Waals surface area (Å²) in [6, 6.07) is 12.3. The molecular formula is C15H15N. The second kappa shape index (κ2) is 4.75. The molecule has 0 aliphatic rings. The molecule has 0 N–H and O–H groups in total. The number of para-hydroxylation sites is 1. The van der Waals surface area contributed by atoms with Gasteiger partial charge in [-0.05, 0) is 32.1 Å². The van der Waals surface area contributed by atoms with E-state index in [0.29, 0.717) is 0 Å². The lowest BCUT2D eigenvalue weighted by atomic mass is 10.2. The number of pyridine rings is 1. The molecule has 1 aromatic carbocycles. The quantitative estimate of drug-likeness (QED) is 0.675. The third kappa shape index (κ3) is 2.37. The topological polar surface area (TPSA) is 12.9 Å². The molecule has 0 radical (unpaired) electrons. The Kier molecular flexibility index (Phi) is 3.16. The minimum atomic E-state index is 1.000. The van der Waals surface area contributed by atoms with E-state index in [1.54, 1.807) is 0 Å². The maximum atomic E-state index is 4.57. The molecule has 1 heteroatoms. The molecular weight excluding hydrogens is 194 g/mol. The van der Waals surface area contributed by atoms with Gasteiger partial charge in [-0.15, -0.1) is 0 Å². The molecule has 1 aromatic heterocycles. The van der Waals surface area contributed by atoms with E-state index < -0.39 is 0 Å². The maximum Gasteiger partial charge on any atom is 0.0709 e. The Bertz CT molecular complexity index is 550. The van der Waals surface area contributed by atoms with Crippen LogP contribution in [0.5, 0.6) is 0 Å². The Hall–Kier alpha value is -1.89. The maximum absolute atomic E-state index is 4.57. The highest BCUT2D eigenvalue weighted by Crippen LogP contribution is 2.12. The summed E-state index contributed by atoms with van der Waals surface area (Å²) in [5.41, 5.74) is 3.29. The molecule has 1 heterocycles. The van der Waals surface area contributed by atoms with Gasteiger partial charge in [-0.3, -0.25) is 0 Å². The van der Waals surface area contributed by atoms with Gasteiger partial charge in [0, 0.05) is 5.39 Å². The molecule has 0 aliphatic heterocycles.